The van der Waals surface area contributed by atoms with Gasteiger partial charge in [-0.05, 0) is 35.7 Å². The number of hydrogen-bond donors (Lipinski definition) is 1. The van der Waals surface area contributed by atoms with Gasteiger partial charge < -0.3 is 24.1 Å². The Labute approximate surface area is 145 Å². The number of fused-ring (bicyclic) bond motifs is 1. The second kappa shape index (κ2) is 6.80. The zero-order valence-electron chi connectivity index (χ0n) is 14.6. The Morgan fingerprint density at radius 2 is 1.60 bits per heavy atom. The Hall–Kier alpha value is -2.47. The number of benzene rings is 2. The molecule has 134 valence electrons. The lowest BCUT2D eigenvalue weighted by Gasteiger charge is -2.20. The van der Waals surface area contributed by atoms with Gasteiger partial charge in [0.15, 0.2) is 23.1 Å². The van der Waals surface area contributed by atoms with Gasteiger partial charge in [-0.2, -0.15) is 0 Å². The van der Waals surface area contributed by atoms with E-state index in [9.17, 15) is 9.50 Å². The summed E-state index contributed by atoms with van der Waals surface area (Å²) in [6.45, 7) is 0. The summed E-state index contributed by atoms with van der Waals surface area (Å²) in [6.07, 6.45) is -0.271. The van der Waals surface area contributed by atoms with Crippen LogP contribution in [0.1, 0.15) is 35.1 Å². The first-order chi connectivity index (χ1) is 12.0. The van der Waals surface area contributed by atoms with E-state index in [-0.39, 0.29) is 11.7 Å². The van der Waals surface area contributed by atoms with Crippen LogP contribution >= 0.6 is 0 Å². The first-order valence-electron chi connectivity index (χ1n) is 7.89. The third kappa shape index (κ3) is 2.76. The molecule has 0 saturated carbocycles. The second-order valence-corrected chi connectivity index (χ2v) is 5.85. The minimum Gasteiger partial charge on any atom is -0.494 e. The molecule has 5 nitrogen and oxygen atoms in total. The molecule has 0 heterocycles. The van der Waals surface area contributed by atoms with Gasteiger partial charge in [0, 0.05) is 11.5 Å². The first kappa shape index (κ1) is 17.4. The summed E-state index contributed by atoms with van der Waals surface area (Å²) in [5, 5.41) is 10.5. The van der Waals surface area contributed by atoms with Crippen molar-refractivity contribution in [1.82, 2.24) is 0 Å². The van der Waals surface area contributed by atoms with E-state index in [1.54, 1.807) is 18.2 Å². The van der Waals surface area contributed by atoms with Crippen molar-refractivity contribution in [2.75, 3.05) is 28.4 Å². The number of aliphatic hydroxyl groups excluding tert-OH is 1. The van der Waals surface area contributed by atoms with Crippen LogP contribution in [0.3, 0.4) is 0 Å². The normalized spacial score (nSPS) is 18.6. The number of hydrogen-bond acceptors (Lipinski definition) is 5. The Kier molecular flexibility index (Phi) is 4.72. The number of aliphatic hydroxyl groups is 1. The highest BCUT2D eigenvalue weighted by Gasteiger charge is 2.37. The summed E-state index contributed by atoms with van der Waals surface area (Å²) in [5.74, 6) is 0.953. The lowest BCUT2D eigenvalue weighted by atomic mass is 9.91. The van der Waals surface area contributed by atoms with Crippen LogP contribution < -0.4 is 18.9 Å². The summed E-state index contributed by atoms with van der Waals surface area (Å²) >= 11 is 0. The van der Waals surface area contributed by atoms with E-state index >= 15 is 0 Å². The van der Waals surface area contributed by atoms with E-state index in [1.807, 2.05) is 0 Å². The van der Waals surface area contributed by atoms with Gasteiger partial charge in [-0.3, -0.25) is 0 Å². The molecular weight excluding hydrogens is 327 g/mol. The molecule has 1 N–H and O–H groups in total. The van der Waals surface area contributed by atoms with Gasteiger partial charge in [0.25, 0.3) is 0 Å². The molecule has 3 rings (SSSR count). The molecule has 0 radical (unpaired) electrons. The van der Waals surface area contributed by atoms with Gasteiger partial charge in [-0.15, -0.1) is 0 Å². The van der Waals surface area contributed by atoms with E-state index in [0.29, 0.717) is 29.2 Å². The predicted octanol–water partition coefficient (Wildman–Crippen LogP) is 3.43. The fraction of sp³-hybridized carbons (Fsp3) is 0.368. The Bertz CT molecular complexity index is 790. The molecule has 25 heavy (non-hydrogen) atoms. The van der Waals surface area contributed by atoms with E-state index in [0.717, 1.165) is 11.1 Å². The van der Waals surface area contributed by atoms with Crippen LogP contribution in [0.5, 0.6) is 23.0 Å². The molecule has 0 spiro atoms. The highest BCUT2D eigenvalue weighted by atomic mass is 19.1. The minimum absolute atomic E-state index is 0.182. The molecular formula is C19H21FO5. The molecule has 2 aromatic carbocycles. The fourth-order valence-corrected chi connectivity index (χ4v) is 3.50. The Balaban J connectivity index is 2.18. The van der Waals surface area contributed by atoms with Gasteiger partial charge in [0.05, 0.1) is 34.5 Å². The van der Waals surface area contributed by atoms with Crippen LogP contribution in [0, 0.1) is 5.82 Å². The summed E-state index contributed by atoms with van der Waals surface area (Å²) in [6, 6.07) is 6.57. The van der Waals surface area contributed by atoms with Gasteiger partial charge >= 0.3 is 0 Å². The van der Waals surface area contributed by atoms with Crippen molar-refractivity contribution in [3.05, 3.63) is 46.8 Å². The van der Waals surface area contributed by atoms with Crippen LogP contribution in [-0.4, -0.2) is 33.5 Å². The average Bonchev–Trinajstić information content (AvgIpc) is 2.96. The molecule has 2 aromatic rings. The smallest absolute Gasteiger partial charge is 0.203 e. The van der Waals surface area contributed by atoms with Crippen LogP contribution in [0.2, 0.25) is 0 Å². The second-order valence-electron chi connectivity index (χ2n) is 5.85. The van der Waals surface area contributed by atoms with Gasteiger partial charge in [-0.1, -0.05) is 6.07 Å². The highest BCUT2D eigenvalue weighted by Crippen LogP contribution is 2.54. The molecule has 2 atom stereocenters. The molecule has 1 aliphatic rings. The molecule has 0 amide bonds. The zero-order valence-corrected chi connectivity index (χ0v) is 14.6. The molecule has 0 bridgehead atoms. The largest absolute Gasteiger partial charge is 0.494 e. The van der Waals surface area contributed by atoms with Gasteiger partial charge in [0.2, 0.25) is 5.75 Å². The number of rotatable bonds is 5. The number of halogens is 1. The van der Waals surface area contributed by atoms with Crippen molar-refractivity contribution in [3.8, 4) is 23.0 Å². The van der Waals surface area contributed by atoms with Crippen molar-refractivity contribution in [3.63, 3.8) is 0 Å². The molecule has 2 unspecified atom stereocenters. The standard InChI is InChI=1S/C19H21FO5/c1-22-15-6-5-10(7-13(15)20)11-8-14(21)12-9-16(23-2)18(24-3)19(25-4)17(11)12/h5-7,9,11,14,21H,8H2,1-4H3. The van der Waals surface area contributed by atoms with Gasteiger partial charge in [0.1, 0.15) is 0 Å². The number of methoxy groups -OCH3 is 4. The quantitative estimate of drug-likeness (QED) is 0.897. The third-order valence-corrected chi connectivity index (χ3v) is 4.65. The Morgan fingerprint density at radius 1 is 0.920 bits per heavy atom. The summed E-state index contributed by atoms with van der Waals surface area (Å²) < 4.78 is 35.5. The van der Waals surface area contributed by atoms with E-state index < -0.39 is 11.9 Å². The predicted molar refractivity (Wildman–Crippen MR) is 90.5 cm³/mol. The maximum Gasteiger partial charge on any atom is 0.203 e. The lowest BCUT2D eigenvalue weighted by Crippen LogP contribution is -2.04. The fourth-order valence-electron chi connectivity index (χ4n) is 3.50. The monoisotopic (exact) mass is 348 g/mol. The van der Waals surface area contributed by atoms with E-state index in [4.69, 9.17) is 18.9 Å². The average molecular weight is 348 g/mol. The minimum atomic E-state index is -0.695. The van der Waals surface area contributed by atoms with Crippen LogP contribution in [0.25, 0.3) is 0 Å². The molecule has 0 aromatic heterocycles. The number of ether oxygens (including phenoxy) is 4. The molecule has 0 saturated heterocycles. The third-order valence-electron chi connectivity index (χ3n) is 4.65. The van der Waals surface area contributed by atoms with E-state index in [1.165, 1.54) is 34.5 Å². The SMILES string of the molecule is COc1ccc(C2CC(O)c3cc(OC)c(OC)c(OC)c32)cc1F. The van der Waals surface area contributed by atoms with Crippen LogP contribution in [0.15, 0.2) is 24.3 Å². The first-order valence-corrected chi connectivity index (χ1v) is 7.89. The van der Waals surface area contributed by atoms with Crippen molar-refractivity contribution >= 4 is 0 Å². The van der Waals surface area contributed by atoms with Crippen molar-refractivity contribution in [2.24, 2.45) is 0 Å². The topological polar surface area (TPSA) is 57.2 Å². The lowest BCUT2D eigenvalue weighted by molar-refractivity contribution is 0.176. The summed E-state index contributed by atoms with van der Waals surface area (Å²) in [7, 11) is 6.02. The Morgan fingerprint density at radius 3 is 2.16 bits per heavy atom. The summed E-state index contributed by atoms with van der Waals surface area (Å²) in [4.78, 5) is 0. The van der Waals surface area contributed by atoms with Crippen molar-refractivity contribution in [2.45, 2.75) is 18.4 Å². The van der Waals surface area contributed by atoms with E-state index in [2.05, 4.69) is 0 Å². The molecule has 0 aliphatic heterocycles. The maximum absolute atomic E-state index is 14.2. The highest BCUT2D eigenvalue weighted by molar-refractivity contribution is 5.64. The maximum atomic E-state index is 14.2. The molecule has 6 heteroatoms. The van der Waals surface area contributed by atoms with Gasteiger partial charge in [-0.25, -0.2) is 4.39 Å². The zero-order chi connectivity index (χ0) is 18.1. The van der Waals surface area contributed by atoms with Crippen molar-refractivity contribution < 1.29 is 28.4 Å². The summed E-state index contributed by atoms with van der Waals surface area (Å²) in [5.41, 5.74) is 2.23. The molecule has 1 aliphatic carbocycles. The molecule has 0 fully saturated rings. The van der Waals surface area contributed by atoms with Crippen LogP contribution in [-0.2, 0) is 0 Å². The van der Waals surface area contributed by atoms with Crippen molar-refractivity contribution in [1.29, 1.82) is 0 Å². The van der Waals surface area contributed by atoms with Crippen LogP contribution in [0.4, 0.5) is 4.39 Å².